The Balaban J connectivity index is 2.03. The molecule has 0 fully saturated rings. The van der Waals surface area contributed by atoms with E-state index in [1.807, 2.05) is 38.1 Å². The maximum absolute atomic E-state index is 10.2. The fourth-order valence-corrected chi connectivity index (χ4v) is 2.01. The zero-order valence-electron chi connectivity index (χ0n) is 10.8. The summed E-state index contributed by atoms with van der Waals surface area (Å²) >= 11 is 0. The van der Waals surface area contributed by atoms with Crippen LogP contribution in [0, 0.1) is 13.8 Å². The summed E-state index contributed by atoms with van der Waals surface area (Å²) in [7, 11) is 0. The zero-order valence-corrected chi connectivity index (χ0v) is 10.8. The lowest BCUT2D eigenvalue weighted by Gasteiger charge is -2.13. The van der Waals surface area contributed by atoms with Gasteiger partial charge in [0.15, 0.2) is 0 Å². The lowest BCUT2D eigenvalue weighted by molar-refractivity contribution is 0.166. The molecule has 3 heteroatoms. The van der Waals surface area contributed by atoms with Gasteiger partial charge in [-0.05, 0) is 38.3 Å². The van der Waals surface area contributed by atoms with Gasteiger partial charge in [-0.1, -0.05) is 30.3 Å². The van der Waals surface area contributed by atoms with Crippen LogP contribution in [0.15, 0.2) is 36.4 Å². The molecule has 2 aromatic rings. The second kappa shape index (κ2) is 5.74. The number of benzene rings is 1. The molecule has 0 bridgehead atoms. The van der Waals surface area contributed by atoms with E-state index >= 15 is 0 Å². The first-order valence-electron chi connectivity index (χ1n) is 6.19. The third-order valence-electron chi connectivity index (χ3n) is 3.05. The van der Waals surface area contributed by atoms with Gasteiger partial charge in [0.1, 0.15) is 0 Å². The lowest BCUT2D eigenvalue weighted by atomic mass is 10.0. The molecular weight excluding hydrogens is 224 g/mol. The van der Waals surface area contributed by atoms with Crippen molar-refractivity contribution in [3.8, 4) is 0 Å². The molecule has 1 aromatic heterocycles. The Morgan fingerprint density at radius 1 is 1.11 bits per heavy atom. The van der Waals surface area contributed by atoms with Crippen LogP contribution in [0.4, 0.5) is 0 Å². The molecule has 3 nitrogen and oxygen atoms in total. The summed E-state index contributed by atoms with van der Waals surface area (Å²) in [5.41, 5.74) is 3.78. The van der Waals surface area contributed by atoms with Gasteiger partial charge in [0.2, 0.25) is 0 Å². The van der Waals surface area contributed by atoms with E-state index in [9.17, 15) is 5.11 Å². The molecule has 0 saturated carbocycles. The minimum Gasteiger partial charge on any atom is -0.388 e. The molecule has 94 valence electrons. The van der Waals surface area contributed by atoms with E-state index in [4.69, 9.17) is 0 Å². The number of aryl methyl sites for hydroxylation is 3. The molecule has 1 unspecified atom stereocenters. The first kappa shape index (κ1) is 12.7. The molecule has 2 rings (SSSR count). The normalized spacial score (nSPS) is 12.4. The topological polar surface area (TPSA) is 46.0 Å². The second-order valence-electron chi connectivity index (χ2n) is 4.57. The molecule has 0 spiro atoms. The van der Waals surface area contributed by atoms with Crippen LogP contribution in [0.5, 0.6) is 0 Å². The number of aromatic nitrogens is 2. The van der Waals surface area contributed by atoms with Gasteiger partial charge in [0, 0.05) is 5.56 Å². The highest BCUT2D eigenvalue weighted by Crippen LogP contribution is 2.21. The van der Waals surface area contributed by atoms with Crippen molar-refractivity contribution >= 4 is 0 Å². The quantitative estimate of drug-likeness (QED) is 0.896. The summed E-state index contributed by atoms with van der Waals surface area (Å²) in [5.74, 6) is 0. The second-order valence-corrected chi connectivity index (χ2v) is 4.57. The third-order valence-corrected chi connectivity index (χ3v) is 3.05. The molecule has 0 saturated heterocycles. The van der Waals surface area contributed by atoms with Crippen molar-refractivity contribution in [1.82, 2.24) is 10.2 Å². The number of nitrogens with zero attached hydrogens (tertiary/aromatic N) is 2. The Labute approximate surface area is 108 Å². The summed E-state index contributed by atoms with van der Waals surface area (Å²) < 4.78 is 0. The smallest absolute Gasteiger partial charge is 0.0812 e. The molecule has 1 atom stereocenters. The highest BCUT2D eigenvalue weighted by Gasteiger charge is 2.12. The Kier molecular flexibility index (Phi) is 4.05. The van der Waals surface area contributed by atoms with Gasteiger partial charge in [-0.2, -0.15) is 10.2 Å². The van der Waals surface area contributed by atoms with Crippen molar-refractivity contribution in [1.29, 1.82) is 0 Å². The standard InChI is InChI=1S/C15H18N2O/c1-11-10-14(12(2)17-16-11)15(18)9-8-13-6-4-3-5-7-13/h3-7,10,15,18H,8-9H2,1-2H3. The van der Waals surface area contributed by atoms with Crippen LogP contribution >= 0.6 is 0 Å². The summed E-state index contributed by atoms with van der Waals surface area (Å²) in [6.45, 7) is 3.77. The van der Waals surface area contributed by atoms with Crippen LogP contribution in [0.1, 0.15) is 35.0 Å². The summed E-state index contributed by atoms with van der Waals surface area (Å²) in [6.07, 6.45) is 1.10. The van der Waals surface area contributed by atoms with Gasteiger partial charge in [-0.25, -0.2) is 0 Å². The maximum Gasteiger partial charge on any atom is 0.0812 e. The molecule has 0 radical (unpaired) electrons. The SMILES string of the molecule is Cc1cc(C(O)CCc2ccccc2)c(C)nn1. The lowest BCUT2D eigenvalue weighted by Crippen LogP contribution is -2.05. The zero-order chi connectivity index (χ0) is 13.0. The van der Waals surface area contributed by atoms with Gasteiger partial charge in [-0.15, -0.1) is 0 Å². The molecule has 1 aromatic carbocycles. The fraction of sp³-hybridized carbons (Fsp3) is 0.333. The first-order chi connectivity index (χ1) is 8.66. The number of hydrogen-bond acceptors (Lipinski definition) is 3. The number of aliphatic hydroxyl groups is 1. The van der Waals surface area contributed by atoms with E-state index in [1.165, 1.54) is 5.56 Å². The van der Waals surface area contributed by atoms with Crippen molar-refractivity contribution in [2.45, 2.75) is 32.8 Å². The molecule has 0 aliphatic carbocycles. The Bertz CT molecular complexity index is 511. The number of aliphatic hydroxyl groups excluding tert-OH is 1. The molecular formula is C15H18N2O. The fourth-order valence-electron chi connectivity index (χ4n) is 2.01. The van der Waals surface area contributed by atoms with Crippen LogP contribution < -0.4 is 0 Å². The number of rotatable bonds is 4. The van der Waals surface area contributed by atoms with Crippen molar-refractivity contribution in [3.63, 3.8) is 0 Å². The van der Waals surface area contributed by atoms with E-state index in [-0.39, 0.29) is 0 Å². The minimum absolute atomic E-state index is 0.473. The van der Waals surface area contributed by atoms with Crippen LogP contribution in [0.3, 0.4) is 0 Å². The van der Waals surface area contributed by atoms with Gasteiger partial charge in [0.05, 0.1) is 17.5 Å². The van der Waals surface area contributed by atoms with Crippen LogP contribution in [-0.4, -0.2) is 15.3 Å². The predicted molar refractivity (Wildman–Crippen MR) is 71.2 cm³/mol. The molecule has 0 aliphatic heterocycles. The molecule has 18 heavy (non-hydrogen) atoms. The Hall–Kier alpha value is -1.74. The molecule has 1 N–H and O–H groups in total. The minimum atomic E-state index is -0.473. The summed E-state index contributed by atoms with van der Waals surface area (Å²) in [4.78, 5) is 0. The van der Waals surface area contributed by atoms with Gasteiger partial charge >= 0.3 is 0 Å². The van der Waals surface area contributed by atoms with E-state index in [1.54, 1.807) is 0 Å². The monoisotopic (exact) mass is 242 g/mol. The van der Waals surface area contributed by atoms with Gasteiger partial charge < -0.3 is 5.11 Å². The maximum atomic E-state index is 10.2. The molecule has 1 heterocycles. The van der Waals surface area contributed by atoms with Gasteiger partial charge in [-0.3, -0.25) is 0 Å². The highest BCUT2D eigenvalue weighted by atomic mass is 16.3. The van der Waals surface area contributed by atoms with E-state index < -0.39 is 6.10 Å². The predicted octanol–water partition coefficient (Wildman–Crippen LogP) is 2.76. The van der Waals surface area contributed by atoms with E-state index in [0.717, 1.165) is 23.4 Å². The molecule has 0 aliphatic rings. The Morgan fingerprint density at radius 3 is 2.56 bits per heavy atom. The molecule has 0 amide bonds. The van der Waals surface area contributed by atoms with Crippen LogP contribution in [0.2, 0.25) is 0 Å². The highest BCUT2D eigenvalue weighted by molar-refractivity contribution is 5.23. The van der Waals surface area contributed by atoms with Crippen molar-refractivity contribution in [3.05, 3.63) is 58.9 Å². The van der Waals surface area contributed by atoms with E-state index in [0.29, 0.717) is 6.42 Å². The number of hydrogen-bond donors (Lipinski definition) is 1. The summed E-state index contributed by atoms with van der Waals surface area (Å²) in [6, 6.07) is 12.1. The van der Waals surface area contributed by atoms with Gasteiger partial charge in [0.25, 0.3) is 0 Å². The van der Waals surface area contributed by atoms with Crippen molar-refractivity contribution in [2.24, 2.45) is 0 Å². The van der Waals surface area contributed by atoms with Crippen LogP contribution in [0.25, 0.3) is 0 Å². The van der Waals surface area contributed by atoms with Crippen molar-refractivity contribution < 1.29 is 5.11 Å². The largest absolute Gasteiger partial charge is 0.388 e. The summed E-state index contributed by atoms with van der Waals surface area (Å²) in [5, 5.41) is 18.2. The average Bonchev–Trinajstić information content (AvgIpc) is 2.40. The Morgan fingerprint density at radius 2 is 1.83 bits per heavy atom. The first-order valence-corrected chi connectivity index (χ1v) is 6.19. The average molecular weight is 242 g/mol. The van der Waals surface area contributed by atoms with Crippen molar-refractivity contribution in [2.75, 3.05) is 0 Å². The third kappa shape index (κ3) is 3.14. The van der Waals surface area contributed by atoms with Crippen LogP contribution in [-0.2, 0) is 6.42 Å². The van der Waals surface area contributed by atoms with E-state index in [2.05, 4.69) is 22.3 Å².